The summed E-state index contributed by atoms with van der Waals surface area (Å²) in [6, 6.07) is 0. The van der Waals surface area contributed by atoms with Gasteiger partial charge >= 0.3 is 0 Å². The molecule has 1 aromatic rings. The van der Waals surface area contributed by atoms with E-state index in [2.05, 4.69) is 20.3 Å². The Kier molecular flexibility index (Phi) is 6.75. The third-order valence-corrected chi connectivity index (χ3v) is 4.41. The van der Waals surface area contributed by atoms with Gasteiger partial charge in [-0.05, 0) is 12.3 Å². The van der Waals surface area contributed by atoms with Crippen molar-refractivity contribution in [2.75, 3.05) is 38.0 Å². The highest BCUT2D eigenvalue weighted by atomic mass is 16.1. The SMILES string of the molecule is CN(C)c1nc(CNC(=O)CCC2CCCCC2)nc(N(C)C)n1. The Balaban J connectivity index is 1.86. The van der Waals surface area contributed by atoms with Crippen LogP contribution in [0.25, 0.3) is 0 Å². The van der Waals surface area contributed by atoms with Gasteiger partial charge in [-0.3, -0.25) is 4.79 Å². The van der Waals surface area contributed by atoms with Gasteiger partial charge in [0.2, 0.25) is 17.8 Å². The Hall–Kier alpha value is -1.92. The highest BCUT2D eigenvalue weighted by Gasteiger charge is 2.15. The maximum atomic E-state index is 12.1. The van der Waals surface area contributed by atoms with Gasteiger partial charge in [0.15, 0.2) is 5.82 Å². The average Bonchev–Trinajstić information content (AvgIpc) is 2.58. The number of carbonyl (C=O) groups excluding carboxylic acids is 1. The summed E-state index contributed by atoms with van der Waals surface area (Å²) < 4.78 is 0. The smallest absolute Gasteiger partial charge is 0.229 e. The molecular weight excluding hydrogens is 304 g/mol. The second-order valence-corrected chi connectivity index (χ2v) is 6.96. The highest BCUT2D eigenvalue weighted by molar-refractivity contribution is 5.75. The first-order valence-corrected chi connectivity index (χ1v) is 8.82. The van der Waals surface area contributed by atoms with Crippen LogP contribution in [0.5, 0.6) is 0 Å². The van der Waals surface area contributed by atoms with Gasteiger partial charge in [0.1, 0.15) is 0 Å². The van der Waals surface area contributed by atoms with Crippen molar-refractivity contribution in [3.63, 3.8) is 0 Å². The van der Waals surface area contributed by atoms with E-state index >= 15 is 0 Å². The van der Waals surface area contributed by atoms with Gasteiger partial charge in [-0.15, -0.1) is 0 Å². The molecule has 134 valence electrons. The normalized spacial score (nSPS) is 15.2. The van der Waals surface area contributed by atoms with Crippen LogP contribution in [0, 0.1) is 5.92 Å². The van der Waals surface area contributed by atoms with Gasteiger partial charge in [-0.1, -0.05) is 32.1 Å². The van der Waals surface area contributed by atoms with E-state index in [1.54, 1.807) is 0 Å². The van der Waals surface area contributed by atoms with Crippen LogP contribution in [0.15, 0.2) is 0 Å². The van der Waals surface area contributed by atoms with Crippen LogP contribution >= 0.6 is 0 Å². The number of rotatable bonds is 7. The number of nitrogens with one attached hydrogen (secondary N) is 1. The maximum absolute atomic E-state index is 12.1. The number of nitrogens with zero attached hydrogens (tertiary/aromatic N) is 5. The molecule has 1 amide bonds. The molecule has 0 aliphatic heterocycles. The average molecular weight is 334 g/mol. The summed E-state index contributed by atoms with van der Waals surface area (Å²) in [4.78, 5) is 28.9. The number of aromatic nitrogens is 3. The van der Waals surface area contributed by atoms with E-state index < -0.39 is 0 Å². The van der Waals surface area contributed by atoms with Crippen LogP contribution in [0.4, 0.5) is 11.9 Å². The van der Waals surface area contributed by atoms with Gasteiger partial charge in [0, 0.05) is 34.6 Å². The minimum Gasteiger partial charge on any atom is -0.349 e. The molecule has 0 atom stereocenters. The fourth-order valence-electron chi connectivity index (χ4n) is 2.95. The number of hydrogen-bond acceptors (Lipinski definition) is 6. The van der Waals surface area contributed by atoms with E-state index in [-0.39, 0.29) is 5.91 Å². The molecule has 0 aromatic carbocycles. The molecule has 1 heterocycles. The van der Waals surface area contributed by atoms with Crippen LogP contribution in [0.1, 0.15) is 50.8 Å². The molecular formula is C17H30N6O. The Morgan fingerprint density at radius 2 is 1.58 bits per heavy atom. The standard InChI is InChI=1S/C17H30N6O/c1-22(2)16-19-14(20-17(21-16)23(3)4)12-18-15(24)11-10-13-8-6-5-7-9-13/h13H,5-12H2,1-4H3,(H,18,24). The van der Waals surface area contributed by atoms with E-state index in [0.717, 1.165) is 12.3 Å². The molecule has 1 aromatic heterocycles. The summed E-state index contributed by atoms with van der Waals surface area (Å²) in [6.07, 6.45) is 8.13. The number of amides is 1. The quantitative estimate of drug-likeness (QED) is 0.822. The van der Waals surface area contributed by atoms with E-state index in [0.29, 0.717) is 30.7 Å². The molecule has 7 nitrogen and oxygen atoms in total. The van der Waals surface area contributed by atoms with Crippen LogP contribution < -0.4 is 15.1 Å². The summed E-state index contributed by atoms with van der Waals surface area (Å²) in [7, 11) is 7.56. The van der Waals surface area contributed by atoms with Crippen LogP contribution in [-0.4, -0.2) is 49.0 Å². The second-order valence-electron chi connectivity index (χ2n) is 6.96. The second kappa shape index (κ2) is 8.80. The molecule has 0 unspecified atom stereocenters. The fourth-order valence-corrected chi connectivity index (χ4v) is 2.95. The first-order valence-electron chi connectivity index (χ1n) is 8.82. The van der Waals surface area contributed by atoms with Crippen molar-refractivity contribution in [1.82, 2.24) is 20.3 Å². The van der Waals surface area contributed by atoms with Crippen LogP contribution in [0.2, 0.25) is 0 Å². The predicted octanol–water partition coefficient (Wildman–Crippen LogP) is 1.98. The van der Waals surface area contributed by atoms with Crippen molar-refractivity contribution in [3.8, 4) is 0 Å². The monoisotopic (exact) mass is 334 g/mol. The lowest BCUT2D eigenvalue weighted by atomic mass is 9.86. The topological polar surface area (TPSA) is 74.2 Å². The molecule has 7 heteroatoms. The van der Waals surface area contributed by atoms with E-state index in [1.165, 1.54) is 32.1 Å². The van der Waals surface area contributed by atoms with E-state index in [4.69, 9.17) is 0 Å². The van der Waals surface area contributed by atoms with Crippen molar-refractivity contribution in [2.24, 2.45) is 5.92 Å². The minimum absolute atomic E-state index is 0.0822. The lowest BCUT2D eigenvalue weighted by Crippen LogP contribution is -2.26. The molecule has 0 saturated heterocycles. The van der Waals surface area contributed by atoms with Gasteiger partial charge < -0.3 is 15.1 Å². The Bertz CT molecular complexity index is 514. The van der Waals surface area contributed by atoms with Gasteiger partial charge in [-0.2, -0.15) is 15.0 Å². The molecule has 1 saturated carbocycles. The zero-order chi connectivity index (χ0) is 17.5. The Morgan fingerprint density at radius 1 is 1.00 bits per heavy atom. The first kappa shape index (κ1) is 18.4. The first-order chi connectivity index (χ1) is 11.5. The summed E-state index contributed by atoms with van der Waals surface area (Å²) in [5.41, 5.74) is 0. The van der Waals surface area contributed by atoms with Crippen molar-refractivity contribution in [1.29, 1.82) is 0 Å². The van der Waals surface area contributed by atoms with Crippen LogP contribution in [0.3, 0.4) is 0 Å². The molecule has 24 heavy (non-hydrogen) atoms. The molecule has 1 N–H and O–H groups in total. The zero-order valence-electron chi connectivity index (χ0n) is 15.4. The molecule has 0 spiro atoms. The van der Waals surface area contributed by atoms with Crippen LogP contribution in [-0.2, 0) is 11.3 Å². The third kappa shape index (κ3) is 5.62. The molecule has 1 aliphatic rings. The fraction of sp³-hybridized carbons (Fsp3) is 0.765. The van der Waals surface area contributed by atoms with E-state index in [1.807, 2.05) is 38.0 Å². The number of anilines is 2. The Morgan fingerprint density at radius 3 is 2.12 bits per heavy atom. The number of hydrogen-bond donors (Lipinski definition) is 1. The Labute approximate surface area is 144 Å². The predicted molar refractivity (Wildman–Crippen MR) is 96.1 cm³/mol. The minimum atomic E-state index is 0.0822. The molecule has 1 aliphatic carbocycles. The highest BCUT2D eigenvalue weighted by Crippen LogP contribution is 2.27. The lowest BCUT2D eigenvalue weighted by molar-refractivity contribution is -0.121. The summed E-state index contributed by atoms with van der Waals surface area (Å²) in [5.74, 6) is 2.59. The number of carbonyl (C=O) groups is 1. The van der Waals surface area contributed by atoms with Gasteiger partial charge in [0.05, 0.1) is 6.54 Å². The van der Waals surface area contributed by atoms with Crippen molar-refractivity contribution >= 4 is 17.8 Å². The van der Waals surface area contributed by atoms with Gasteiger partial charge in [0.25, 0.3) is 0 Å². The van der Waals surface area contributed by atoms with E-state index in [9.17, 15) is 4.79 Å². The molecule has 2 rings (SSSR count). The molecule has 0 bridgehead atoms. The van der Waals surface area contributed by atoms with Crippen molar-refractivity contribution in [2.45, 2.75) is 51.5 Å². The zero-order valence-corrected chi connectivity index (χ0v) is 15.4. The third-order valence-electron chi connectivity index (χ3n) is 4.41. The maximum Gasteiger partial charge on any atom is 0.229 e. The summed E-state index contributed by atoms with van der Waals surface area (Å²) in [5, 5.41) is 2.94. The van der Waals surface area contributed by atoms with Crippen molar-refractivity contribution in [3.05, 3.63) is 5.82 Å². The molecule has 1 fully saturated rings. The molecule has 0 radical (unpaired) electrons. The summed E-state index contributed by atoms with van der Waals surface area (Å²) in [6.45, 7) is 0.341. The summed E-state index contributed by atoms with van der Waals surface area (Å²) >= 11 is 0. The van der Waals surface area contributed by atoms with Gasteiger partial charge in [-0.25, -0.2) is 0 Å². The lowest BCUT2D eigenvalue weighted by Gasteiger charge is -2.21. The van der Waals surface area contributed by atoms with Crippen molar-refractivity contribution < 1.29 is 4.79 Å². The largest absolute Gasteiger partial charge is 0.349 e.